The van der Waals surface area contributed by atoms with E-state index in [0.29, 0.717) is 35.4 Å². The molecule has 7 nitrogen and oxygen atoms in total. The molecule has 0 aliphatic carbocycles. The van der Waals surface area contributed by atoms with Gasteiger partial charge in [-0.3, -0.25) is 4.90 Å². The lowest BCUT2D eigenvalue weighted by Gasteiger charge is -2.29. The molecular formula is C15H17N3O4S. The van der Waals surface area contributed by atoms with E-state index in [1.165, 1.54) is 0 Å². The predicted octanol–water partition coefficient (Wildman–Crippen LogP) is 2.02. The molecule has 0 spiro atoms. The molecular weight excluding hydrogens is 318 g/mol. The van der Waals surface area contributed by atoms with Crippen LogP contribution in [0.1, 0.15) is 12.8 Å². The molecule has 0 bridgehead atoms. The van der Waals surface area contributed by atoms with E-state index in [-0.39, 0.29) is 12.9 Å². The maximum atomic E-state index is 9.75. The molecule has 1 fully saturated rings. The number of hydrogen-bond acceptors (Lipinski definition) is 7. The predicted molar refractivity (Wildman–Crippen MR) is 83.7 cm³/mol. The van der Waals surface area contributed by atoms with Crippen molar-refractivity contribution in [1.82, 2.24) is 14.7 Å². The van der Waals surface area contributed by atoms with E-state index >= 15 is 0 Å². The number of fused-ring (bicyclic) bond motifs is 1. The van der Waals surface area contributed by atoms with Gasteiger partial charge in [0.2, 0.25) is 12.7 Å². The van der Waals surface area contributed by atoms with E-state index in [4.69, 9.17) is 26.1 Å². The van der Waals surface area contributed by atoms with E-state index in [0.717, 1.165) is 24.9 Å². The van der Waals surface area contributed by atoms with Gasteiger partial charge in [0.25, 0.3) is 4.84 Å². The molecule has 3 heterocycles. The minimum atomic E-state index is -0.279. The van der Waals surface area contributed by atoms with Crippen LogP contribution in [-0.2, 0) is 6.67 Å². The summed E-state index contributed by atoms with van der Waals surface area (Å²) in [5.74, 6) is 1.84. The van der Waals surface area contributed by atoms with Crippen molar-refractivity contribution in [3.05, 3.63) is 23.0 Å². The summed E-state index contributed by atoms with van der Waals surface area (Å²) in [7, 11) is 0. The molecule has 0 amide bonds. The summed E-state index contributed by atoms with van der Waals surface area (Å²) < 4.78 is 17.9. The minimum absolute atomic E-state index is 0.230. The van der Waals surface area contributed by atoms with Crippen molar-refractivity contribution in [3.8, 4) is 23.0 Å². The van der Waals surface area contributed by atoms with E-state index < -0.39 is 0 Å². The van der Waals surface area contributed by atoms with Crippen LogP contribution in [0.25, 0.3) is 11.5 Å². The van der Waals surface area contributed by atoms with Crippen LogP contribution >= 0.6 is 12.2 Å². The summed E-state index contributed by atoms with van der Waals surface area (Å²) in [6, 6.07) is 5.53. The Labute approximate surface area is 138 Å². The van der Waals surface area contributed by atoms with Crippen molar-refractivity contribution in [1.29, 1.82) is 0 Å². The average molecular weight is 335 g/mol. The highest BCUT2D eigenvalue weighted by Crippen LogP contribution is 2.35. The van der Waals surface area contributed by atoms with Gasteiger partial charge < -0.3 is 19.0 Å². The Morgan fingerprint density at radius 3 is 3.04 bits per heavy atom. The molecule has 0 radical (unpaired) electrons. The van der Waals surface area contributed by atoms with Crippen molar-refractivity contribution in [3.63, 3.8) is 0 Å². The van der Waals surface area contributed by atoms with Crippen LogP contribution in [0.15, 0.2) is 22.6 Å². The number of aromatic nitrogens is 2. The largest absolute Gasteiger partial charge is 0.454 e. The molecule has 4 rings (SSSR count). The van der Waals surface area contributed by atoms with Gasteiger partial charge in [-0.25, -0.2) is 4.68 Å². The third-order valence-corrected chi connectivity index (χ3v) is 4.33. The van der Waals surface area contributed by atoms with Gasteiger partial charge in [-0.2, -0.15) is 0 Å². The number of piperidine rings is 1. The van der Waals surface area contributed by atoms with Gasteiger partial charge in [-0.05, 0) is 43.3 Å². The van der Waals surface area contributed by atoms with Crippen molar-refractivity contribution < 1.29 is 19.0 Å². The minimum Gasteiger partial charge on any atom is -0.454 e. The lowest BCUT2D eigenvalue weighted by Crippen LogP contribution is -2.39. The average Bonchev–Trinajstić information content (AvgIpc) is 3.14. The normalized spacial score (nSPS) is 20.8. The maximum Gasteiger partial charge on any atom is 0.288 e. The summed E-state index contributed by atoms with van der Waals surface area (Å²) >= 11 is 5.26. The fourth-order valence-electron chi connectivity index (χ4n) is 2.89. The lowest BCUT2D eigenvalue weighted by atomic mass is 10.1. The summed E-state index contributed by atoms with van der Waals surface area (Å²) in [6.45, 7) is 2.30. The Morgan fingerprint density at radius 2 is 2.17 bits per heavy atom. The Morgan fingerprint density at radius 1 is 1.30 bits per heavy atom. The van der Waals surface area contributed by atoms with Crippen molar-refractivity contribution >= 4 is 12.2 Å². The molecule has 2 aromatic rings. The highest BCUT2D eigenvalue weighted by Gasteiger charge is 2.20. The van der Waals surface area contributed by atoms with Gasteiger partial charge in [-0.1, -0.05) is 0 Å². The van der Waals surface area contributed by atoms with E-state index in [1.54, 1.807) is 4.68 Å². The first-order chi connectivity index (χ1) is 11.2. The number of likely N-dealkylation sites (tertiary alicyclic amines) is 1. The van der Waals surface area contributed by atoms with Crippen molar-refractivity contribution in [2.24, 2.45) is 0 Å². The van der Waals surface area contributed by atoms with Crippen molar-refractivity contribution in [2.75, 3.05) is 19.9 Å². The first kappa shape index (κ1) is 14.7. The molecule has 0 saturated carbocycles. The second kappa shape index (κ2) is 5.95. The molecule has 1 atom stereocenters. The molecule has 1 saturated heterocycles. The highest BCUT2D eigenvalue weighted by atomic mass is 32.1. The smallest absolute Gasteiger partial charge is 0.288 e. The SMILES string of the molecule is O[C@H]1CCCN(Cn2nc(-c3ccc4c(c3)OCO4)oc2=S)C1. The molecule has 1 aromatic carbocycles. The number of ether oxygens (including phenoxy) is 2. The van der Waals surface area contributed by atoms with Crippen LogP contribution in [-0.4, -0.2) is 45.8 Å². The Kier molecular flexibility index (Phi) is 3.80. The summed E-state index contributed by atoms with van der Waals surface area (Å²) in [5.41, 5.74) is 0.790. The summed E-state index contributed by atoms with van der Waals surface area (Å²) in [6.07, 6.45) is 1.54. The van der Waals surface area contributed by atoms with E-state index in [1.807, 2.05) is 18.2 Å². The second-order valence-electron chi connectivity index (χ2n) is 5.76. The third kappa shape index (κ3) is 2.97. The van der Waals surface area contributed by atoms with Gasteiger partial charge >= 0.3 is 0 Å². The number of nitrogens with zero attached hydrogens (tertiary/aromatic N) is 3. The monoisotopic (exact) mass is 335 g/mol. The fraction of sp³-hybridized carbons (Fsp3) is 0.467. The van der Waals surface area contributed by atoms with E-state index in [2.05, 4.69) is 10.00 Å². The molecule has 1 aromatic heterocycles. The molecule has 0 unspecified atom stereocenters. The quantitative estimate of drug-likeness (QED) is 0.860. The fourth-order valence-corrected chi connectivity index (χ4v) is 3.07. The molecule has 23 heavy (non-hydrogen) atoms. The van der Waals surface area contributed by atoms with Gasteiger partial charge in [0, 0.05) is 18.7 Å². The van der Waals surface area contributed by atoms with Gasteiger partial charge in [-0.15, -0.1) is 5.10 Å². The first-order valence-corrected chi connectivity index (χ1v) is 7.98. The number of aliphatic hydroxyl groups is 1. The van der Waals surface area contributed by atoms with Crippen LogP contribution in [0.4, 0.5) is 0 Å². The zero-order valence-corrected chi connectivity index (χ0v) is 13.3. The Bertz CT molecular complexity index is 772. The van der Waals surface area contributed by atoms with Crippen LogP contribution < -0.4 is 9.47 Å². The van der Waals surface area contributed by atoms with Crippen LogP contribution in [0.3, 0.4) is 0 Å². The number of hydrogen-bond donors (Lipinski definition) is 1. The topological polar surface area (TPSA) is 72.9 Å². The Balaban J connectivity index is 1.56. The molecule has 122 valence electrons. The van der Waals surface area contributed by atoms with Crippen LogP contribution in [0.2, 0.25) is 0 Å². The van der Waals surface area contributed by atoms with Crippen molar-refractivity contribution in [2.45, 2.75) is 25.6 Å². The highest BCUT2D eigenvalue weighted by molar-refractivity contribution is 7.71. The summed E-state index contributed by atoms with van der Waals surface area (Å²) in [5, 5.41) is 14.2. The lowest BCUT2D eigenvalue weighted by molar-refractivity contribution is 0.0509. The summed E-state index contributed by atoms with van der Waals surface area (Å²) in [4.78, 5) is 2.44. The van der Waals surface area contributed by atoms with Crippen LogP contribution in [0.5, 0.6) is 11.5 Å². The van der Waals surface area contributed by atoms with Gasteiger partial charge in [0.1, 0.15) is 0 Å². The molecule has 1 N–H and O–H groups in total. The zero-order chi connectivity index (χ0) is 15.8. The number of aliphatic hydroxyl groups excluding tert-OH is 1. The molecule has 2 aliphatic rings. The zero-order valence-electron chi connectivity index (χ0n) is 12.5. The first-order valence-electron chi connectivity index (χ1n) is 7.57. The maximum absolute atomic E-state index is 9.75. The van der Waals surface area contributed by atoms with Gasteiger partial charge in [0.05, 0.1) is 12.8 Å². The Hall–Kier alpha value is -1.90. The number of β-amino-alcohol motifs (C(OH)–C–C–N with tert-alkyl or cyclic N) is 1. The molecule has 2 aliphatic heterocycles. The number of benzene rings is 1. The molecule has 8 heteroatoms. The third-order valence-electron chi connectivity index (χ3n) is 4.04. The van der Waals surface area contributed by atoms with Gasteiger partial charge in [0.15, 0.2) is 11.5 Å². The van der Waals surface area contributed by atoms with E-state index in [9.17, 15) is 5.11 Å². The number of rotatable bonds is 3. The second-order valence-corrected chi connectivity index (χ2v) is 6.10. The van der Waals surface area contributed by atoms with Crippen LogP contribution in [0, 0.1) is 4.84 Å². The standard InChI is InChI=1S/C15H17N3O4S/c19-11-2-1-5-17(7-11)8-18-15(23)22-14(16-18)10-3-4-12-13(6-10)21-9-20-12/h3-4,6,11,19H,1-2,5,7-9H2/t11-/m0/s1.